The van der Waals surface area contributed by atoms with Crippen LogP contribution in [0.15, 0.2) is 48.7 Å². The second-order valence-corrected chi connectivity index (χ2v) is 6.32. The zero-order valence-corrected chi connectivity index (χ0v) is 14.3. The molecule has 2 heterocycles. The third kappa shape index (κ3) is 4.70. The van der Waals surface area contributed by atoms with Crippen molar-refractivity contribution in [1.82, 2.24) is 9.88 Å². The molecule has 2 atom stereocenters. The van der Waals surface area contributed by atoms with Crippen LogP contribution in [0.4, 0.5) is 10.5 Å². The number of ether oxygens (including phenoxy) is 1. The molecule has 0 radical (unpaired) electrons. The number of hydrogen-bond acceptors (Lipinski definition) is 4. The van der Waals surface area contributed by atoms with E-state index >= 15 is 0 Å². The number of pyridine rings is 1. The van der Waals surface area contributed by atoms with Gasteiger partial charge in [0, 0.05) is 37.0 Å². The van der Waals surface area contributed by atoms with Crippen LogP contribution in [-0.2, 0) is 6.61 Å². The van der Waals surface area contributed by atoms with Gasteiger partial charge < -0.3 is 20.1 Å². The van der Waals surface area contributed by atoms with Gasteiger partial charge in [-0.05, 0) is 25.0 Å². The molecular formula is C19H23N3O3. The van der Waals surface area contributed by atoms with Gasteiger partial charge in [0.25, 0.3) is 0 Å². The Morgan fingerprint density at radius 3 is 2.92 bits per heavy atom. The molecule has 1 saturated heterocycles. The predicted octanol–water partition coefficient (Wildman–Crippen LogP) is 2.90. The van der Waals surface area contributed by atoms with Crippen molar-refractivity contribution in [2.75, 3.05) is 18.4 Å². The van der Waals surface area contributed by atoms with Gasteiger partial charge in [0.05, 0.1) is 6.10 Å². The Kier molecular flexibility index (Phi) is 5.50. The minimum absolute atomic E-state index is 0.146. The number of hydrogen-bond donors (Lipinski definition) is 2. The molecule has 0 unspecified atom stereocenters. The number of urea groups is 1. The highest BCUT2D eigenvalue weighted by Gasteiger charge is 2.29. The summed E-state index contributed by atoms with van der Waals surface area (Å²) in [5.41, 5.74) is 1.70. The summed E-state index contributed by atoms with van der Waals surface area (Å²) in [4.78, 5) is 18.2. The number of aliphatic hydroxyl groups is 1. The van der Waals surface area contributed by atoms with E-state index in [2.05, 4.69) is 10.3 Å². The van der Waals surface area contributed by atoms with Gasteiger partial charge in [-0.15, -0.1) is 0 Å². The molecule has 0 saturated carbocycles. The van der Waals surface area contributed by atoms with Gasteiger partial charge >= 0.3 is 6.03 Å². The second kappa shape index (κ2) is 7.98. The molecular weight excluding hydrogens is 318 g/mol. The summed E-state index contributed by atoms with van der Waals surface area (Å²) < 4.78 is 5.68. The Balaban J connectivity index is 1.55. The summed E-state index contributed by atoms with van der Waals surface area (Å²) in [6.07, 6.45) is 2.04. The summed E-state index contributed by atoms with van der Waals surface area (Å²) in [5, 5.41) is 12.5. The molecule has 1 fully saturated rings. The Morgan fingerprint density at radius 2 is 2.20 bits per heavy atom. The van der Waals surface area contributed by atoms with E-state index in [1.165, 1.54) is 0 Å². The highest BCUT2D eigenvalue weighted by atomic mass is 16.5. The van der Waals surface area contributed by atoms with Crippen LogP contribution in [0, 0.1) is 5.92 Å². The molecule has 1 aliphatic heterocycles. The quantitative estimate of drug-likeness (QED) is 0.877. The van der Waals surface area contributed by atoms with Crippen molar-refractivity contribution in [1.29, 1.82) is 0 Å². The highest BCUT2D eigenvalue weighted by Crippen LogP contribution is 2.21. The topological polar surface area (TPSA) is 74.7 Å². The maximum atomic E-state index is 12.3. The minimum atomic E-state index is -0.392. The molecule has 1 aromatic carbocycles. The number of likely N-dealkylation sites (tertiary alicyclic amines) is 1. The molecule has 25 heavy (non-hydrogen) atoms. The van der Waals surface area contributed by atoms with Crippen LogP contribution in [0.5, 0.6) is 5.88 Å². The number of rotatable bonds is 5. The lowest BCUT2D eigenvalue weighted by Crippen LogP contribution is -2.34. The summed E-state index contributed by atoms with van der Waals surface area (Å²) in [7, 11) is 0. The molecule has 132 valence electrons. The summed E-state index contributed by atoms with van der Waals surface area (Å²) in [5.74, 6) is 0.609. The second-order valence-electron chi connectivity index (χ2n) is 6.32. The Hall–Kier alpha value is -2.60. The van der Waals surface area contributed by atoms with Crippen LogP contribution in [0.1, 0.15) is 18.9 Å². The molecule has 0 aliphatic carbocycles. The molecule has 3 rings (SSSR count). The van der Waals surface area contributed by atoms with Gasteiger partial charge in [-0.1, -0.05) is 30.3 Å². The van der Waals surface area contributed by atoms with E-state index in [1.54, 1.807) is 30.2 Å². The van der Waals surface area contributed by atoms with E-state index in [4.69, 9.17) is 4.74 Å². The summed E-state index contributed by atoms with van der Waals surface area (Å²) in [6, 6.07) is 13.1. The highest BCUT2D eigenvalue weighted by molar-refractivity contribution is 5.89. The first kappa shape index (κ1) is 17.2. The van der Waals surface area contributed by atoms with E-state index in [9.17, 15) is 9.90 Å². The third-order valence-electron chi connectivity index (χ3n) is 4.41. The summed E-state index contributed by atoms with van der Waals surface area (Å²) >= 11 is 0. The number of nitrogens with one attached hydrogen (secondary N) is 1. The molecule has 1 aliphatic rings. The Bertz CT molecular complexity index is 706. The standard InChI is InChI=1S/C19H23N3O3/c1-14(23)16-8-10-22(12-16)19(24)21-17-7-9-20-18(11-17)25-13-15-5-3-2-4-6-15/h2-7,9,11,14,16,23H,8,10,12-13H2,1H3,(H,20,21,24)/t14-,16-/m1/s1. The van der Waals surface area contributed by atoms with Crippen LogP contribution in [0.2, 0.25) is 0 Å². The number of anilines is 1. The number of aliphatic hydroxyl groups excluding tert-OH is 1. The van der Waals surface area contributed by atoms with E-state index in [0.717, 1.165) is 12.0 Å². The van der Waals surface area contributed by atoms with Crippen molar-refractivity contribution < 1.29 is 14.6 Å². The normalized spacial score (nSPS) is 18.0. The fourth-order valence-corrected chi connectivity index (χ4v) is 2.87. The molecule has 2 aromatic rings. The molecule has 2 amide bonds. The number of carbonyl (C=O) groups excluding carboxylic acids is 1. The van der Waals surface area contributed by atoms with E-state index in [0.29, 0.717) is 31.3 Å². The average Bonchev–Trinajstić information content (AvgIpc) is 3.12. The van der Waals surface area contributed by atoms with Crippen molar-refractivity contribution in [2.24, 2.45) is 5.92 Å². The number of nitrogens with zero attached hydrogens (tertiary/aromatic N) is 2. The lowest BCUT2D eigenvalue weighted by molar-refractivity contribution is 0.130. The monoisotopic (exact) mass is 341 g/mol. The predicted molar refractivity (Wildman–Crippen MR) is 95.4 cm³/mol. The maximum Gasteiger partial charge on any atom is 0.321 e. The van der Waals surface area contributed by atoms with Gasteiger partial charge in [-0.2, -0.15) is 0 Å². The lowest BCUT2D eigenvalue weighted by Gasteiger charge is -2.18. The van der Waals surface area contributed by atoms with Crippen LogP contribution in [0.25, 0.3) is 0 Å². The van der Waals surface area contributed by atoms with Crippen molar-refractivity contribution in [2.45, 2.75) is 26.1 Å². The van der Waals surface area contributed by atoms with Crippen LogP contribution < -0.4 is 10.1 Å². The van der Waals surface area contributed by atoms with Crippen molar-refractivity contribution >= 4 is 11.7 Å². The van der Waals surface area contributed by atoms with Crippen LogP contribution >= 0.6 is 0 Å². The minimum Gasteiger partial charge on any atom is -0.473 e. The number of carbonyl (C=O) groups is 1. The van der Waals surface area contributed by atoms with Gasteiger partial charge in [0.15, 0.2) is 0 Å². The fraction of sp³-hybridized carbons (Fsp3) is 0.368. The molecule has 6 nitrogen and oxygen atoms in total. The first-order chi connectivity index (χ1) is 12.1. The first-order valence-corrected chi connectivity index (χ1v) is 8.48. The Labute approximate surface area is 147 Å². The zero-order valence-electron chi connectivity index (χ0n) is 14.3. The molecule has 2 N–H and O–H groups in total. The van der Waals surface area contributed by atoms with Crippen LogP contribution in [0.3, 0.4) is 0 Å². The SMILES string of the molecule is C[C@@H](O)[C@@H]1CCN(C(=O)Nc2ccnc(OCc3ccccc3)c2)C1. The zero-order chi connectivity index (χ0) is 17.6. The molecule has 6 heteroatoms. The molecule has 0 spiro atoms. The maximum absolute atomic E-state index is 12.3. The largest absolute Gasteiger partial charge is 0.473 e. The van der Waals surface area contributed by atoms with Crippen LogP contribution in [-0.4, -0.2) is 40.2 Å². The van der Waals surface area contributed by atoms with Gasteiger partial charge in [-0.25, -0.2) is 9.78 Å². The van der Waals surface area contributed by atoms with Gasteiger partial charge in [0.1, 0.15) is 6.61 Å². The average molecular weight is 341 g/mol. The third-order valence-corrected chi connectivity index (χ3v) is 4.41. The smallest absolute Gasteiger partial charge is 0.321 e. The van der Waals surface area contributed by atoms with Crippen molar-refractivity contribution in [3.8, 4) is 5.88 Å². The van der Waals surface area contributed by atoms with E-state index in [-0.39, 0.29) is 11.9 Å². The molecule has 0 bridgehead atoms. The number of benzene rings is 1. The summed E-state index contributed by atoms with van der Waals surface area (Å²) in [6.45, 7) is 3.43. The number of aromatic nitrogens is 1. The van der Waals surface area contributed by atoms with E-state index < -0.39 is 6.10 Å². The first-order valence-electron chi connectivity index (χ1n) is 8.48. The van der Waals surface area contributed by atoms with Crippen molar-refractivity contribution in [3.63, 3.8) is 0 Å². The fourth-order valence-electron chi connectivity index (χ4n) is 2.87. The lowest BCUT2D eigenvalue weighted by atomic mass is 10.0. The van der Waals surface area contributed by atoms with E-state index in [1.807, 2.05) is 30.3 Å². The van der Waals surface area contributed by atoms with Crippen molar-refractivity contribution in [3.05, 3.63) is 54.2 Å². The molecule has 1 aromatic heterocycles. The van der Waals surface area contributed by atoms with Gasteiger partial charge in [-0.3, -0.25) is 0 Å². The number of amides is 2. The van der Waals surface area contributed by atoms with Gasteiger partial charge in [0.2, 0.25) is 5.88 Å². The Morgan fingerprint density at radius 1 is 1.40 bits per heavy atom.